The number of halogens is 2. The van der Waals surface area contributed by atoms with Crippen molar-refractivity contribution in [2.24, 2.45) is 5.10 Å². The number of ether oxygens (including phenoxy) is 1. The Morgan fingerprint density at radius 1 is 1.00 bits per heavy atom. The molecule has 0 aliphatic heterocycles. The van der Waals surface area contributed by atoms with Crippen molar-refractivity contribution < 1.29 is 23.2 Å². The molecule has 156 valence electrons. The van der Waals surface area contributed by atoms with Gasteiger partial charge in [-0.25, -0.2) is 10.2 Å². The predicted octanol–water partition coefficient (Wildman–Crippen LogP) is 5.55. The summed E-state index contributed by atoms with van der Waals surface area (Å²) in [7, 11) is 1.29. The molecule has 0 spiro atoms. The highest BCUT2D eigenvalue weighted by Gasteiger charge is 2.17. The minimum Gasteiger partial charge on any atom is -0.465 e. The molecule has 31 heavy (non-hydrogen) atoms. The van der Waals surface area contributed by atoms with Gasteiger partial charge in [0.15, 0.2) is 5.76 Å². The highest BCUT2D eigenvalue weighted by molar-refractivity contribution is 6.31. The Morgan fingerprint density at radius 3 is 2.58 bits per heavy atom. The van der Waals surface area contributed by atoms with Gasteiger partial charge in [-0.15, -0.1) is 0 Å². The Kier molecular flexibility index (Phi) is 5.79. The van der Waals surface area contributed by atoms with E-state index < -0.39 is 11.9 Å². The fourth-order valence-electron chi connectivity index (χ4n) is 2.91. The monoisotopic (exact) mass is 456 g/mol. The third kappa shape index (κ3) is 4.47. The third-order valence-electron chi connectivity index (χ3n) is 4.34. The zero-order chi connectivity index (χ0) is 22.0. The van der Waals surface area contributed by atoms with Gasteiger partial charge in [-0.1, -0.05) is 23.2 Å². The van der Waals surface area contributed by atoms with Gasteiger partial charge in [-0.2, -0.15) is 5.10 Å². The number of fused-ring (bicyclic) bond motifs is 1. The number of hydrazone groups is 1. The second kappa shape index (κ2) is 8.67. The van der Waals surface area contributed by atoms with Gasteiger partial charge in [-0.05, 0) is 54.6 Å². The summed E-state index contributed by atoms with van der Waals surface area (Å²) in [6.45, 7) is 0. The van der Waals surface area contributed by atoms with Crippen molar-refractivity contribution in [3.05, 3.63) is 81.7 Å². The van der Waals surface area contributed by atoms with Gasteiger partial charge in [0.1, 0.15) is 17.1 Å². The van der Waals surface area contributed by atoms with E-state index in [4.69, 9.17) is 36.8 Å². The van der Waals surface area contributed by atoms with E-state index in [1.165, 1.54) is 13.3 Å². The van der Waals surface area contributed by atoms with Crippen LogP contribution in [0.1, 0.15) is 26.7 Å². The lowest BCUT2D eigenvalue weighted by Gasteiger charge is -2.06. The second-order valence-corrected chi connectivity index (χ2v) is 7.25. The fraction of sp³-hybridized carbons (Fsp3) is 0.0455. The Hall–Kier alpha value is -3.55. The number of hydrogen-bond donors (Lipinski definition) is 1. The summed E-state index contributed by atoms with van der Waals surface area (Å²) in [4.78, 5) is 24.3. The largest absolute Gasteiger partial charge is 0.465 e. The summed E-state index contributed by atoms with van der Waals surface area (Å²) in [6.07, 6.45) is 1.32. The van der Waals surface area contributed by atoms with Gasteiger partial charge >= 0.3 is 11.9 Å². The number of esters is 1. The Bertz CT molecular complexity index is 1320. The number of nitrogens with zero attached hydrogens (tertiary/aromatic N) is 1. The number of carbonyl (C=O) groups is 2. The standard InChI is InChI=1S/C22H14Cl2N2O5/c1-29-22(28)16-5-2-14(24)10-17(16)19-7-4-15(30-19)11-25-26-21(27)20-9-12-8-13(23)3-6-18(12)31-20/h2-11H,1H3,(H,26,27)/b25-11+. The van der Waals surface area contributed by atoms with Crippen LogP contribution in [0.3, 0.4) is 0 Å². The topological polar surface area (TPSA) is 94.0 Å². The number of hydrogen-bond acceptors (Lipinski definition) is 6. The maximum atomic E-state index is 12.3. The quantitative estimate of drug-likeness (QED) is 0.241. The van der Waals surface area contributed by atoms with Gasteiger partial charge in [0.05, 0.1) is 18.9 Å². The van der Waals surface area contributed by atoms with Crippen LogP contribution in [0, 0.1) is 0 Å². The first-order chi connectivity index (χ1) is 14.9. The molecule has 1 N–H and O–H groups in total. The summed E-state index contributed by atoms with van der Waals surface area (Å²) in [5, 5.41) is 5.57. The molecule has 0 bridgehead atoms. The molecule has 2 aromatic heterocycles. The van der Waals surface area contributed by atoms with E-state index in [0.29, 0.717) is 43.7 Å². The average Bonchev–Trinajstić information content (AvgIpc) is 3.40. The van der Waals surface area contributed by atoms with E-state index in [1.807, 2.05) is 0 Å². The lowest BCUT2D eigenvalue weighted by atomic mass is 10.1. The molecular formula is C22H14Cl2N2O5. The number of amides is 1. The van der Waals surface area contributed by atoms with Crippen molar-refractivity contribution in [1.29, 1.82) is 0 Å². The Labute approximate surface area is 186 Å². The maximum absolute atomic E-state index is 12.3. The summed E-state index contributed by atoms with van der Waals surface area (Å²) in [5.41, 5.74) is 3.69. The number of carbonyl (C=O) groups excluding carboxylic acids is 2. The van der Waals surface area contributed by atoms with Gasteiger partial charge < -0.3 is 13.6 Å². The molecule has 4 aromatic rings. The van der Waals surface area contributed by atoms with Crippen LogP contribution in [0.4, 0.5) is 0 Å². The molecule has 0 aliphatic carbocycles. The summed E-state index contributed by atoms with van der Waals surface area (Å²) in [5.74, 6) is -0.209. The van der Waals surface area contributed by atoms with Crippen molar-refractivity contribution in [1.82, 2.24) is 5.43 Å². The van der Waals surface area contributed by atoms with E-state index >= 15 is 0 Å². The van der Waals surface area contributed by atoms with Gasteiger partial charge in [-0.3, -0.25) is 4.79 Å². The molecule has 0 fully saturated rings. The summed E-state index contributed by atoms with van der Waals surface area (Å²) < 4.78 is 16.0. The van der Waals surface area contributed by atoms with Crippen molar-refractivity contribution in [2.45, 2.75) is 0 Å². The molecule has 7 nitrogen and oxygen atoms in total. The smallest absolute Gasteiger partial charge is 0.338 e. The number of methoxy groups -OCH3 is 1. The first-order valence-corrected chi connectivity index (χ1v) is 9.71. The minimum atomic E-state index is -0.529. The fourth-order valence-corrected chi connectivity index (χ4v) is 3.26. The van der Waals surface area contributed by atoms with Crippen LogP contribution < -0.4 is 5.43 Å². The van der Waals surface area contributed by atoms with E-state index in [1.54, 1.807) is 54.6 Å². The van der Waals surface area contributed by atoms with E-state index in [-0.39, 0.29) is 5.76 Å². The minimum absolute atomic E-state index is 0.0937. The van der Waals surface area contributed by atoms with Crippen LogP contribution in [0.15, 0.2) is 68.5 Å². The van der Waals surface area contributed by atoms with Crippen molar-refractivity contribution in [3.63, 3.8) is 0 Å². The number of rotatable bonds is 5. The maximum Gasteiger partial charge on any atom is 0.338 e. The molecule has 0 saturated heterocycles. The first-order valence-electron chi connectivity index (χ1n) is 8.95. The number of nitrogens with one attached hydrogen (secondary N) is 1. The first kappa shape index (κ1) is 20.7. The molecule has 2 heterocycles. The average molecular weight is 457 g/mol. The van der Waals surface area contributed by atoms with Crippen molar-refractivity contribution in [2.75, 3.05) is 7.11 Å². The van der Waals surface area contributed by atoms with Gasteiger partial charge in [0, 0.05) is 21.0 Å². The van der Waals surface area contributed by atoms with Crippen LogP contribution >= 0.6 is 23.2 Å². The molecular weight excluding hydrogens is 443 g/mol. The molecule has 0 unspecified atom stereocenters. The lowest BCUT2D eigenvalue weighted by Crippen LogP contribution is -2.16. The van der Waals surface area contributed by atoms with E-state index in [0.717, 1.165) is 0 Å². The van der Waals surface area contributed by atoms with E-state index in [2.05, 4.69) is 10.5 Å². The molecule has 1 amide bonds. The van der Waals surface area contributed by atoms with Crippen LogP contribution in [-0.2, 0) is 4.74 Å². The normalized spacial score (nSPS) is 11.2. The zero-order valence-electron chi connectivity index (χ0n) is 16.0. The highest BCUT2D eigenvalue weighted by atomic mass is 35.5. The third-order valence-corrected chi connectivity index (χ3v) is 4.81. The molecule has 4 rings (SSSR count). The molecule has 9 heteroatoms. The SMILES string of the molecule is COC(=O)c1ccc(Cl)cc1-c1ccc(/C=N/NC(=O)c2cc3cc(Cl)ccc3o2)o1. The van der Waals surface area contributed by atoms with Crippen LogP contribution in [0.25, 0.3) is 22.3 Å². The summed E-state index contributed by atoms with van der Waals surface area (Å²) >= 11 is 12.0. The van der Waals surface area contributed by atoms with Crippen molar-refractivity contribution in [3.8, 4) is 11.3 Å². The van der Waals surface area contributed by atoms with Crippen molar-refractivity contribution >= 4 is 52.3 Å². The predicted molar refractivity (Wildman–Crippen MR) is 117 cm³/mol. The number of benzene rings is 2. The molecule has 2 aromatic carbocycles. The summed E-state index contributed by atoms with van der Waals surface area (Å²) in [6, 6.07) is 14.7. The molecule has 0 radical (unpaired) electrons. The molecule has 0 saturated carbocycles. The van der Waals surface area contributed by atoms with E-state index in [9.17, 15) is 9.59 Å². The van der Waals surface area contributed by atoms with Crippen LogP contribution in [-0.4, -0.2) is 25.2 Å². The Morgan fingerprint density at radius 2 is 1.77 bits per heavy atom. The van der Waals surface area contributed by atoms with Gasteiger partial charge in [0.2, 0.25) is 0 Å². The Balaban J connectivity index is 1.49. The lowest BCUT2D eigenvalue weighted by molar-refractivity contribution is 0.0601. The zero-order valence-corrected chi connectivity index (χ0v) is 17.5. The second-order valence-electron chi connectivity index (χ2n) is 6.38. The number of furan rings is 2. The molecule has 0 aliphatic rings. The molecule has 0 atom stereocenters. The van der Waals surface area contributed by atoms with Crippen LogP contribution in [0.5, 0.6) is 0 Å². The highest BCUT2D eigenvalue weighted by Crippen LogP contribution is 2.29. The van der Waals surface area contributed by atoms with Crippen LogP contribution in [0.2, 0.25) is 10.0 Å². The van der Waals surface area contributed by atoms with Gasteiger partial charge in [0.25, 0.3) is 0 Å².